The number of nitrogen functional groups attached to an aromatic ring is 1. The fraction of sp³-hybridized carbons (Fsp3) is 0.250. The van der Waals surface area contributed by atoms with Crippen molar-refractivity contribution in [2.75, 3.05) is 5.73 Å². The first-order valence-corrected chi connectivity index (χ1v) is 10.1. The van der Waals surface area contributed by atoms with Crippen LogP contribution in [0.1, 0.15) is 16.6 Å². The molecule has 0 saturated carbocycles. The molecular formula is C16H16N6O8S. The fourth-order valence-electron chi connectivity index (χ4n) is 2.98. The Bertz CT molecular complexity index is 1250. The molecule has 1 aromatic carbocycles. The number of para-hydroxylation sites is 1. The van der Waals surface area contributed by atoms with E-state index in [1.165, 1.54) is 35.2 Å². The minimum Gasteiger partial charge on any atom is -0.507 e. The number of carbonyl (C=O) groups excluding carboxylic acids is 1. The van der Waals surface area contributed by atoms with Gasteiger partial charge in [0.05, 0.1) is 11.9 Å². The van der Waals surface area contributed by atoms with Gasteiger partial charge >= 0.3 is 10.3 Å². The molecule has 0 aliphatic carbocycles. The lowest BCUT2D eigenvalue weighted by atomic mass is 10.2. The summed E-state index contributed by atoms with van der Waals surface area (Å²) in [6.07, 6.45) is -4.27. The van der Waals surface area contributed by atoms with Gasteiger partial charge in [-0.2, -0.15) is 8.42 Å². The number of rotatable bonds is 5. The van der Waals surface area contributed by atoms with E-state index in [9.17, 15) is 28.5 Å². The largest absolute Gasteiger partial charge is 0.507 e. The molecule has 0 radical (unpaired) electrons. The summed E-state index contributed by atoms with van der Waals surface area (Å²) in [6.45, 7) is 0. The molecule has 0 spiro atoms. The fourth-order valence-corrected chi connectivity index (χ4v) is 3.77. The minimum atomic E-state index is -4.80. The van der Waals surface area contributed by atoms with Gasteiger partial charge in [0.1, 0.15) is 29.8 Å². The molecule has 1 amide bonds. The van der Waals surface area contributed by atoms with Crippen molar-refractivity contribution in [1.29, 1.82) is 0 Å². The number of nitrogens with one attached hydrogen (secondary N) is 1. The maximum Gasteiger partial charge on any atom is 0.365 e. The molecule has 4 atom stereocenters. The highest BCUT2D eigenvalue weighted by atomic mass is 32.2. The molecule has 6 N–H and O–H groups in total. The number of phenolic OH excluding ortho intramolecular Hbond substituents is 1. The first-order valence-electron chi connectivity index (χ1n) is 8.66. The first kappa shape index (κ1) is 20.9. The number of aromatic nitrogens is 4. The Balaban J connectivity index is 1.52. The number of carbonyl (C=O) groups is 1. The molecule has 3 heterocycles. The summed E-state index contributed by atoms with van der Waals surface area (Å²) >= 11 is 0. The normalized spacial score (nSPS) is 23.8. The lowest BCUT2D eigenvalue weighted by Gasteiger charge is -2.16. The van der Waals surface area contributed by atoms with Crippen LogP contribution in [0, 0.1) is 0 Å². The monoisotopic (exact) mass is 452 g/mol. The Kier molecular flexibility index (Phi) is 5.19. The van der Waals surface area contributed by atoms with Gasteiger partial charge in [-0.3, -0.25) is 9.36 Å². The molecule has 1 aliphatic rings. The summed E-state index contributed by atoms with van der Waals surface area (Å²) in [7, 11) is -4.80. The van der Waals surface area contributed by atoms with Gasteiger partial charge in [-0.25, -0.2) is 23.9 Å². The smallest absolute Gasteiger partial charge is 0.365 e. The van der Waals surface area contributed by atoms with E-state index in [2.05, 4.69) is 15.0 Å². The van der Waals surface area contributed by atoms with Crippen LogP contribution in [0.5, 0.6) is 5.75 Å². The van der Waals surface area contributed by atoms with Crippen LogP contribution in [-0.2, 0) is 19.2 Å². The van der Waals surface area contributed by atoms with Crippen LogP contribution in [0.3, 0.4) is 0 Å². The molecular weight excluding hydrogens is 436 g/mol. The Morgan fingerprint density at radius 3 is 2.68 bits per heavy atom. The van der Waals surface area contributed by atoms with Crippen molar-refractivity contribution < 1.29 is 37.5 Å². The quantitative estimate of drug-likeness (QED) is 0.295. The van der Waals surface area contributed by atoms with Gasteiger partial charge in [-0.05, 0) is 12.1 Å². The van der Waals surface area contributed by atoms with Gasteiger partial charge < -0.3 is 25.8 Å². The van der Waals surface area contributed by atoms with E-state index < -0.39 is 46.7 Å². The number of hydrogen-bond acceptors (Lipinski definition) is 12. The van der Waals surface area contributed by atoms with Crippen molar-refractivity contribution in [3.63, 3.8) is 0 Å². The predicted molar refractivity (Wildman–Crippen MR) is 101 cm³/mol. The van der Waals surface area contributed by atoms with E-state index in [1.807, 2.05) is 0 Å². The van der Waals surface area contributed by atoms with Crippen molar-refractivity contribution in [3.8, 4) is 5.75 Å². The minimum absolute atomic E-state index is 0.0686. The number of hydrogen-bond donors (Lipinski definition) is 5. The third-order valence-corrected chi connectivity index (χ3v) is 5.32. The number of amides is 1. The number of ether oxygens (including phenoxy) is 1. The molecule has 15 heteroatoms. The highest BCUT2D eigenvalue weighted by molar-refractivity contribution is 7.85. The van der Waals surface area contributed by atoms with Crippen LogP contribution in [0.15, 0.2) is 36.9 Å². The Morgan fingerprint density at radius 2 is 1.94 bits per heavy atom. The summed E-state index contributed by atoms with van der Waals surface area (Å²) in [5.74, 6) is -1.55. The summed E-state index contributed by atoms with van der Waals surface area (Å²) < 4.78 is 37.3. The van der Waals surface area contributed by atoms with Crippen molar-refractivity contribution in [2.45, 2.75) is 24.7 Å². The summed E-state index contributed by atoms with van der Waals surface area (Å²) in [5.41, 5.74) is 5.76. The van der Waals surface area contributed by atoms with Crippen LogP contribution in [0.2, 0.25) is 0 Å². The molecule has 31 heavy (non-hydrogen) atoms. The number of aliphatic hydroxyl groups excluding tert-OH is 2. The van der Waals surface area contributed by atoms with Gasteiger partial charge in [0.2, 0.25) is 6.29 Å². The van der Waals surface area contributed by atoms with Crippen LogP contribution in [0.4, 0.5) is 5.82 Å². The zero-order valence-corrected chi connectivity index (χ0v) is 16.2. The van der Waals surface area contributed by atoms with E-state index in [0.29, 0.717) is 0 Å². The van der Waals surface area contributed by atoms with Crippen LogP contribution in [0.25, 0.3) is 11.2 Å². The van der Waals surface area contributed by atoms with Crippen molar-refractivity contribution >= 4 is 33.2 Å². The van der Waals surface area contributed by atoms with Crippen LogP contribution < -0.4 is 10.5 Å². The zero-order valence-electron chi connectivity index (χ0n) is 15.4. The summed E-state index contributed by atoms with van der Waals surface area (Å²) in [4.78, 5) is 23.9. The van der Waals surface area contributed by atoms with E-state index in [4.69, 9.17) is 14.7 Å². The Hall–Kier alpha value is -3.37. The standard InChI is InChI=1S/C16H16N6O8S/c17-12-9-13(19-5-18-12)22(6-20-9)15-10(24)11(25)16(29-15)30-31(27,28)21-14(26)7-3-1-2-4-8(7)23/h1-6,10-11,15-16,23-25H,(H,21,26)(H2,17,18,19)/t10-,11+,15+,16?/m0/s1. The molecule has 1 unspecified atom stereocenters. The van der Waals surface area contributed by atoms with Crippen molar-refractivity contribution in [2.24, 2.45) is 0 Å². The lowest BCUT2D eigenvalue weighted by molar-refractivity contribution is -0.122. The van der Waals surface area contributed by atoms with Crippen molar-refractivity contribution in [1.82, 2.24) is 24.2 Å². The average Bonchev–Trinajstić information content (AvgIpc) is 3.25. The zero-order chi connectivity index (χ0) is 22.3. The maximum absolute atomic E-state index is 12.2. The average molecular weight is 452 g/mol. The van der Waals surface area contributed by atoms with Crippen LogP contribution in [-0.4, -0.2) is 67.7 Å². The number of phenols is 1. The number of nitrogens with zero attached hydrogens (tertiary/aromatic N) is 4. The maximum atomic E-state index is 12.2. The second-order valence-electron chi connectivity index (χ2n) is 6.46. The van der Waals surface area contributed by atoms with Gasteiger partial charge in [-0.15, -0.1) is 0 Å². The highest BCUT2D eigenvalue weighted by Gasteiger charge is 2.47. The number of aromatic hydroxyl groups is 1. The van der Waals surface area contributed by atoms with E-state index in [0.717, 1.165) is 6.33 Å². The topological polar surface area (TPSA) is 212 Å². The van der Waals surface area contributed by atoms with Gasteiger partial charge in [0.15, 0.2) is 17.7 Å². The summed E-state index contributed by atoms with van der Waals surface area (Å²) in [6, 6.07) is 5.25. The molecule has 1 aliphatic heterocycles. The second kappa shape index (κ2) is 7.71. The third kappa shape index (κ3) is 3.87. The van der Waals surface area contributed by atoms with E-state index in [1.54, 1.807) is 4.72 Å². The molecule has 0 bridgehead atoms. The number of imidazole rings is 1. The summed E-state index contributed by atoms with van der Waals surface area (Å²) in [5, 5.41) is 30.2. The van der Waals surface area contributed by atoms with Gasteiger partial charge in [0.25, 0.3) is 5.91 Å². The second-order valence-corrected chi connectivity index (χ2v) is 7.76. The molecule has 1 fully saturated rings. The van der Waals surface area contributed by atoms with E-state index in [-0.39, 0.29) is 22.5 Å². The lowest BCUT2D eigenvalue weighted by Crippen LogP contribution is -2.39. The van der Waals surface area contributed by atoms with Gasteiger partial charge in [0, 0.05) is 0 Å². The van der Waals surface area contributed by atoms with Crippen LogP contribution >= 0.6 is 0 Å². The molecule has 2 aromatic heterocycles. The van der Waals surface area contributed by atoms with Crippen molar-refractivity contribution in [3.05, 3.63) is 42.5 Å². The predicted octanol–water partition coefficient (Wildman–Crippen LogP) is -1.62. The molecule has 3 aromatic rings. The SMILES string of the molecule is Nc1ncnc2c1ncn2[C@@H]1OC(OS(=O)(=O)NC(=O)c2ccccc2O)[C@H](O)[C@@H]1O. The number of nitrogens with two attached hydrogens (primary N) is 1. The number of benzene rings is 1. The van der Waals surface area contributed by atoms with E-state index >= 15 is 0 Å². The molecule has 4 rings (SSSR count). The third-order valence-electron chi connectivity index (χ3n) is 4.44. The Labute approximate surface area is 174 Å². The number of fused-ring (bicyclic) bond motifs is 1. The molecule has 164 valence electrons. The van der Waals surface area contributed by atoms with Gasteiger partial charge in [-0.1, -0.05) is 12.1 Å². The Morgan fingerprint density at radius 1 is 1.19 bits per heavy atom. The number of anilines is 1. The molecule has 14 nitrogen and oxygen atoms in total. The molecule has 1 saturated heterocycles. The highest BCUT2D eigenvalue weighted by Crippen LogP contribution is 2.33. The number of aliphatic hydroxyl groups is 2. The first-order chi connectivity index (χ1) is 14.7.